The minimum Gasteiger partial charge on any atom is -0.463 e. The molecule has 0 amide bonds. The Hall–Kier alpha value is -1.75. The van der Waals surface area contributed by atoms with Crippen LogP contribution in [0.4, 0.5) is 0 Å². The summed E-state index contributed by atoms with van der Waals surface area (Å²) in [5.41, 5.74) is 3.04. The second-order valence-corrected chi connectivity index (χ2v) is 7.07. The van der Waals surface area contributed by atoms with E-state index in [4.69, 9.17) is 4.74 Å². The molecular formula is C19H20BrNO3. The van der Waals surface area contributed by atoms with E-state index in [0.29, 0.717) is 24.3 Å². The Morgan fingerprint density at radius 3 is 2.62 bits per heavy atom. The van der Waals surface area contributed by atoms with E-state index in [0.717, 1.165) is 28.6 Å². The molecular weight excluding hydrogens is 370 g/mol. The number of rotatable bonds is 3. The lowest BCUT2D eigenvalue weighted by molar-refractivity contribution is -0.139. The summed E-state index contributed by atoms with van der Waals surface area (Å²) in [6.07, 6.45) is 2.20. The van der Waals surface area contributed by atoms with E-state index in [1.54, 1.807) is 6.92 Å². The predicted molar refractivity (Wildman–Crippen MR) is 96.0 cm³/mol. The number of ketones is 1. The van der Waals surface area contributed by atoms with Crippen molar-refractivity contribution in [3.8, 4) is 0 Å². The Labute approximate surface area is 150 Å². The molecule has 2 unspecified atom stereocenters. The van der Waals surface area contributed by atoms with E-state index < -0.39 is 0 Å². The van der Waals surface area contributed by atoms with Crippen LogP contribution in [0.2, 0.25) is 0 Å². The minimum atomic E-state index is -0.371. The first kappa shape index (κ1) is 17.1. The maximum absolute atomic E-state index is 12.6. The molecule has 5 heteroatoms. The van der Waals surface area contributed by atoms with Crippen LogP contribution in [-0.4, -0.2) is 24.1 Å². The molecule has 0 aromatic heterocycles. The number of allylic oxidation sites excluding steroid dienone is 1. The van der Waals surface area contributed by atoms with Crippen LogP contribution in [0.3, 0.4) is 0 Å². The van der Waals surface area contributed by atoms with Gasteiger partial charge in [-0.05, 0) is 44.4 Å². The molecule has 126 valence electrons. The molecule has 2 aliphatic rings. The van der Waals surface area contributed by atoms with Crippen LogP contribution in [0, 0.1) is 5.92 Å². The summed E-state index contributed by atoms with van der Waals surface area (Å²) in [5.74, 6) is -0.855. The quantitative estimate of drug-likeness (QED) is 0.728. The number of Topliss-reactive ketones (excluding diaryl/α,β-unsaturated/α-hetero) is 1. The summed E-state index contributed by atoms with van der Waals surface area (Å²) in [6, 6.07) is 7.80. The molecule has 3 rings (SSSR count). The molecule has 0 N–H and O–H groups in total. The van der Waals surface area contributed by atoms with Crippen LogP contribution in [0.5, 0.6) is 0 Å². The molecule has 1 heterocycles. The topological polar surface area (TPSA) is 55.7 Å². The van der Waals surface area contributed by atoms with Crippen LogP contribution >= 0.6 is 15.9 Å². The van der Waals surface area contributed by atoms with E-state index >= 15 is 0 Å². The SMILES string of the molecule is CCOC(=O)C1=C(C)N=C2CCCC(=O)C2C1c1ccc(Br)cc1. The fraction of sp³-hybridized carbons (Fsp3) is 0.421. The molecule has 1 saturated carbocycles. The normalized spacial score (nSPS) is 23.6. The predicted octanol–water partition coefficient (Wildman–Crippen LogP) is 4.19. The fourth-order valence-corrected chi connectivity index (χ4v) is 3.89. The number of carbonyl (C=O) groups excluding carboxylic acids is 2. The largest absolute Gasteiger partial charge is 0.463 e. The van der Waals surface area contributed by atoms with Crippen molar-refractivity contribution in [2.24, 2.45) is 10.9 Å². The summed E-state index contributed by atoms with van der Waals surface area (Å²) in [4.78, 5) is 29.8. The van der Waals surface area contributed by atoms with Gasteiger partial charge in [-0.3, -0.25) is 9.79 Å². The lowest BCUT2D eigenvalue weighted by atomic mass is 9.69. The number of hydrogen-bond donors (Lipinski definition) is 0. The Bertz CT molecular complexity index is 733. The Kier molecular flexibility index (Phi) is 4.99. The third-order valence-electron chi connectivity index (χ3n) is 4.63. The van der Waals surface area contributed by atoms with Crippen molar-refractivity contribution >= 4 is 33.4 Å². The highest BCUT2D eigenvalue weighted by atomic mass is 79.9. The molecule has 1 aliphatic heterocycles. The maximum Gasteiger partial charge on any atom is 0.336 e. The average molecular weight is 390 g/mol. The summed E-state index contributed by atoms with van der Waals surface area (Å²) in [7, 11) is 0. The molecule has 1 aliphatic carbocycles. The van der Waals surface area contributed by atoms with E-state index in [1.807, 2.05) is 31.2 Å². The fourth-order valence-electron chi connectivity index (χ4n) is 3.62. The lowest BCUT2D eigenvalue weighted by Gasteiger charge is -2.35. The standard InChI is InChI=1S/C19H20BrNO3/c1-3-24-19(23)16-11(2)21-14-5-4-6-15(22)18(14)17(16)12-7-9-13(20)10-8-12/h7-10,17-18H,3-6H2,1-2H3. The first-order chi connectivity index (χ1) is 11.5. The number of hydrogen-bond acceptors (Lipinski definition) is 4. The van der Waals surface area contributed by atoms with Crippen molar-refractivity contribution in [2.45, 2.75) is 39.0 Å². The number of nitrogens with zero attached hydrogens (tertiary/aromatic N) is 1. The monoisotopic (exact) mass is 389 g/mol. The van der Waals surface area contributed by atoms with Gasteiger partial charge >= 0.3 is 5.97 Å². The van der Waals surface area contributed by atoms with Crippen LogP contribution in [-0.2, 0) is 14.3 Å². The summed E-state index contributed by atoms with van der Waals surface area (Å²) < 4.78 is 6.22. The van der Waals surface area contributed by atoms with Gasteiger partial charge in [-0.15, -0.1) is 0 Å². The Morgan fingerprint density at radius 2 is 1.96 bits per heavy atom. The molecule has 4 nitrogen and oxygen atoms in total. The number of esters is 1. The van der Waals surface area contributed by atoms with Gasteiger partial charge in [0.15, 0.2) is 0 Å². The van der Waals surface area contributed by atoms with Crippen molar-refractivity contribution in [2.75, 3.05) is 6.61 Å². The van der Waals surface area contributed by atoms with Gasteiger partial charge in [0.05, 0.1) is 18.1 Å². The van der Waals surface area contributed by atoms with Crippen molar-refractivity contribution in [1.29, 1.82) is 0 Å². The maximum atomic E-state index is 12.6. The van der Waals surface area contributed by atoms with Gasteiger partial charge in [0, 0.05) is 28.2 Å². The molecule has 24 heavy (non-hydrogen) atoms. The van der Waals surface area contributed by atoms with Crippen molar-refractivity contribution < 1.29 is 14.3 Å². The number of carbonyl (C=O) groups is 2. The van der Waals surface area contributed by atoms with Gasteiger partial charge in [0.1, 0.15) is 5.78 Å². The Morgan fingerprint density at radius 1 is 1.25 bits per heavy atom. The van der Waals surface area contributed by atoms with Gasteiger partial charge in [-0.25, -0.2) is 4.79 Å². The highest BCUT2D eigenvalue weighted by Gasteiger charge is 2.43. The molecule has 1 aromatic rings. The molecule has 0 spiro atoms. The average Bonchev–Trinajstić information content (AvgIpc) is 2.55. The van der Waals surface area contributed by atoms with Gasteiger partial charge < -0.3 is 4.74 Å². The molecule has 2 atom stereocenters. The minimum absolute atomic E-state index is 0.169. The highest BCUT2D eigenvalue weighted by Crippen LogP contribution is 2.43. The zero-order chi connectivity index (χ0) is 17.3. The van der Waals surface area contributed by atoms with Crippen LogP contribution in [0.1, 0.15) is 44.6 Å². The van der Waals surface area contributed by atoms with E-state index in [9.17, 15) is 9.59 Å². The van der Waals surface area contributed by atoms with E-state index in [1.165, 1.54) is 0 Å². The Balaban J connectivity index is 2.14. The first-order valence-electron chi connectivity index (χ1n) is 8.26. The number of ether oxygens (including phenoxy) is 1. The van der Waals surface area contributed by atoms with E-state index in [2.05, 4.69) is 20.9 Å². The zero-order valence-corrected chi connectivity index (χ0v) is 15.4. The summed E-state index contributed by atoms with van der Waals surface area (Å²) in [6.45, 7) is 3.92. The number of aliphatic imine (C=N–C) groups is 1. The number of benzene rings is 1. The third kappa shape index (κ3) is 3.09. The second-order valence-electron chi connectivity index (χ2n) is 6.15. The zero-order valence-electron chi connectivity index (χ0n) is 13.8. The molecule has 1 aromatic carbocycles. The molecule has 0 bridgehead atoms. The van der Waals surface area contributed by atoms with Gasteiger partial charge in [-0.1, -0.05) is 28.1 Å². The lowest BCUT2D eigenvalue weighted by Crippen LogP contribution is -2.39. The van der Waals surface area contributed by atoms with Gasteiger partial charge in [0.25, 0.3) is 0 Å². The van der Waals surface area contributed by atoms with Gasteiger partial charge in [-0.2, -0.15) is 0 Å². The van der Waals surface area contributed by atoms with Gasteiger partial charge in [0.2, 0.25) is 0 Å². The molecule has 0 radical (unpaired) electrons. The van der Waals surface area contributed by atoms with Crippen LogP contribution in [0.15, 0.2) is 45.0 Å². The number of halogens is 1. The van der Waals surface area contributed by atoms with Crippen LogP contribution < -0.4 is 0 Å². The molecule has 0 saturated heterocycles. The summed E-state index contributed by atoms with van der Waals surface area (Å²) in [5, 5.41) is 0. The van der Waals surface area contributed by atoms with E-state index in [-0.39, 0.29) is 23.6 Å². The smallest absolute Gasteiger partial charge is 0.336 e. The second kappa shape index (κ2) is 7.01. The van der Waals surface area contributed by atoms with Crippen molar-refractivity contribution in [3.63, 3.8) is 0 Å². The first-order valence-corrected chi connectivity index (χ1v) is 9.05. The third-order valence-corrected chi connectivity index (χ3v) is 5.16. The van der Waals surface area contributed by atoms with Crippen LogP contribution in [0.25, 0.3) is 0 Å². The van der Waals surface area contributed by atoms with Crippen molar-refractivity contribution in [3.05, 3.63) is 45.6 Å². The number of fused-ring (bicyclic) bond motifs is 1. The highest BCUT2D eigenvalue weighted by molar-refractivity contribution is 9.10. The molecule has 1 fully saturated rings. The summed E-state index contributed by atoms with van der Waals surface area (Å²) >= 11 is 3.44. The van der Waals surface area contributed by atoms with Crippen molar-refractivity contribution in [1.82, 2.24) is 0 Å².